The minimum absolute atomic E-state index is 0.0739. The van der Waals surface area contributed by atoms with E-state index in [9.17, 15) is 9.59 Å². The molecular formula is C48H66O9Si. The number of carbonyl (C=O) groups is 2. The molecule has 2 aliphatic rings. The molecule has 1 spiro atoms. The van der Waals surface area contributed by atoms with Gasteiger partial charge in [0.2, 0.25) is 0 Å². The lowest BCUT2D eigenvalue weighted by Gasteiger charge is -2.54. The standard InChI is InChI=1S/C48H66O9Si/c1-8-10-29-47(57-45(50)26-25-44(49)53-33-9-2)31-32-48(30-27-37(3)42(55-48)28-34-52-35-38-21-23-39(51-7)24-22-38)56-43(47)36-54-58(46(4,5)6,40-17-13-11-14-18-40)41-19-15-12-16-20-41/h9,11-24,37,42-43H,2,8,10,25-36H2,1,3-7H3/t37-,42+,43-,47+,48+/m0/s1. The molecule has 5 atom stereocenters. The van der Waals surface area contributed by atoms with Gasteiger partial charge >= 0.3 is 11.9 Å². The summed E-state index contributed by atoms with van der Waals surface area (Å²) in [5.74, 6) is -0.654. The summed E-state index contributed by atoms with van der Waals surface area (Å²) < 4.78 is 45.1. The van der Waals surface area contributed by atoms with Crippen molar-refractivity contribution in [3.63, 3.8) is 0 Å². The van der Waals surface area contributed by atoms with Crippen molar-refractivity contribution in [1.82, 2.24) is 0 Å². The van der Waals surface area contributed by atoms with Crippen LogP contribution in [-0.2, 0) is 44.3 Å². The molecule has 5 rings (SSSR count). The van der Waals surface area contributed by atoms with E-state index in [1.807, 2.05) is 36.4 Å². The van der Waals surface area contributed by atoms with Crippen LogP contribution in [0.4, 0.5) is 0 Å². The van der Waals surface area contributed by atoms with Crippen molar-refractivity contribution in [3.8, 4) is 5.75 Å². The van der Waals surface area contributed by atoms with Gasteiger partial charge in [0.15, 0.2) is 5.79 Å². The lowest BCUT2D eigenvalue weighted by atomic mass is 9.78. The predicted molar refractivity (Wildman–Crippen MR) is 230 cm³/mol. The van der Waals surface area contributed by atoms with E-state index < -0.39 is 37.7 Å². The molecule has 0 amide bonds. The molecule has 0 bridgehead atoms. The maximum atomic E-state index is 13.8. The maximum Gasteiger partial charge on any atom is 0.307 e. The minimum Gasteiger partial charge on any atom is -0.497 e. The molecule has 0 N–H and O–H groups in total. The Balaban J connectivity index is 1.44. The van der Waals surface area contributed by atoms with Crippen molar-refractivity contribution < 1.29 is 42.4 Å². The SMILES string of the molecule is C=CCOC(=O)CCC(=O)O[C@]1(CCCC)CC[C@@]2(CC[C@H](C)[C@@H](CCOCc3ccc(OC)cc3)O2)O[C@H]1CO[Si](c1ccccc1)(c1ccccc1)C(C)(C)C. The van der Waals surface area contributed by atoms with Gasteiger partial charge in [-0.05, 0) is 71.1 Å². The Morgan fingerprint density at radius 3 is 2.16 bits per heavy atom. The molecule has 2 aliphatic heterocycles. The number of rotatable bonds is 20. The van der Waals surface area contributed by atoms with Crippen LogP contribution in [0.2, 0.25) is 5.04 Å². The average Bonchev–Trinajstić information content (AvgIpc) is 3.23. The van der Waals surface area contributed by atoms with Gasteiger partial charge in [-0.15, -0.1) is 0 Å². The predicted octanol–water partition coefficient (Wildman–Crippen LogP) is 8.85. The lowest BCUT2D eigenvalue weighted by molar-refractivity contribution is -0.357. The van der Waals surface area contributed by atoms with E-state index in [4.69, 9.17) is 32.8 Å². The monoisotopic (exact) mass is 814 g/mol. The van der Waals surface area contributed by atoms with Crippen LogP contribution in [0.15, 0.2) is 97.6 Å². The molecule has 3 aromatic carbocycles. The maximum absolute atomic E-state index is 13.8. The highest BCUT2D eigenvalue weighted by Gasteiger charge is 2.57. The first-order valence-electron chi connectivity index (χ1n) is 21.2. The first-order chi connectivity index (χ1) is 27.9. The van der Waals surface area contributed by atoms with Crippen LogP contribution in [0.1, 0.15) is 104 Å². The van der Waals surface area contributed by atoms with Gasteiger partial charge in [-0.2, -0.15) is 0 Å². The normalized spacial score (nSPS) is 23.6. The van der Waals surface area contributed by atoms with E-state index in [-0.39, 0.29) is 37.2 Å². The first-order valence-corrected chi connectivity index (χ1v) is 23.1. The molecule has 2 saturated heterocycles. The number of methoxy groups -OCH3 is 1. The summed E-state index contributed by atoms with van der Waals surface area (Å²) in [6.45, 7) is 16.1. The Morgan fingerprint density at radius 1 is 0.897 bits per heavy atom. The summed E-state index contributed by atoms with van der Waals surface area (Å²) >= 11 is 0. The van der Waals surface area contributed by atoms with Crippen LogP contribution in [-0.4, -0.2) is 70.8 Å². The summed E-state index contributed by atoms with van der Waals surface area (Å²) in [5, 5.41) is 2.04. The summed E-state index contributed by atoms with van der Waals surface area (Å²) in [7, 11) is -1.34. The number of carbonyl (C=O) groups excluding carboxylic acids is 2. The summed E-state index contributed by atoms with van der Waals surface area (Å²) in [6.07, 6.45) is 6.46. The molecule has 2 fully saturated rings. The summed E-state index contributed by atoms with van der Waals surface area (Å²) in [5.41, 5.74) is 0.0962. The highest BCUT2D eigenvalue weighted by Crippen LogP contribution is 2.48. The topological polar surface area (TPSA) is 98.8 Å². The average molecular weight is 815 g/mol. The lowest BCUT2D eigenvalue weighted by Crippen LogP contribution is -2.69. The Morgan fingerprint density at radius 2 is 1.55 bits per heavy atom. The fourth-order valence-corrected chi connectivity index (χ4v) is 13.1. The van der Waals surface area contributed by atoms with Crippen molar-refractivity contribution in [2.75, 3.05) is 26.9 Å². The van der Waals surface area contributed by atoms with Crippen LogP contribution >= 0.6 is 0 Å². The van der Waals surface area contributed by atoms with E-state index in [0.29, 0.717) is 38.4 Å². The van der Waals surface area contributed by atoms with Gasteiger partial charge in [0.1, 0.15) is 24.1 Å². The molecule has 316 valence electrons. The van der Waals surface area contributed by atoms with Crippen molar-refractivity contribution in [2.45, 2.75) is 134 Å². The Bertz CT molecular complexity index is 1690. The number of ether oxygens (including phenoxy) is 6. The van der Waals surface area contributed by atoms with Crippen molar-refractivity contribution in [2.24, 2.45) is 5.92 Å². The Kier molecular flexibility index (Phi) is 16.3. The van der Waals surface area contributed by atoms with Gasteiger partial charge in [0.05, 0.1) is 39.3 Å². The Hall–Kier alpha value is -3.80. The molecule has 58 heavy (non-hydrogen) atoms. The van der Waals surface area contributed by atoms with Crippen LogP contribution in [0.5, 0.6) is 5.75 Å². The van der Waals surface area contributed by atoms with Crippen molar-refractivity contribution in [3.05, 3.63) is 103 Å². The van der Waals surface area contributed by atoms with Crippen LogP contribution in [0.25, 0.3) is 0 Å². The largest absolute Gasteiger partial charge is 0.497 e. The zero-order valence-corrected chi connectivity index (χ0v) is 36.7. The molecule has 0 unspecified atom stereocenters. The van der Waals surface area contributed by atoms with Gasteiger partial charge in [0, 0.05) is 19.4 Å². The zero-order valence-electron chi connectivity index (χ0n) is 35.7. The molecule has 0 aliphatic carbocycles. The highest BCUT2D eigenvalue weighted by molar-refractivity contribution is 6.99. The second-order valence-electron chi connectivity index (χ2n) is 17.0. The number of hydrogen-bond acceptors (Lipinski definition) is 9. The van der Waals surface area contributed by atoms with Crippen molar-refractivity contribution >= 4 is 30.6 Å². The quantitative estimate of drug-likeness (QED) is 0.0480. The summed E-state index contributed by atoms with van der Waals surface area (Å²) in [6, 6.07) is 29.0. The highest BCUT2D eigenvalue weighted by atomic mass is 28.4. The van der Waals surface area contributed by atoms with E-state index in [0.717, 1.165) is 53.8 Å². The number of unbranched alkanes of at least 4 members (excludes halogenated alkanes) is 1. The smallest absolute Gasteiger partial charge is 0.307 e. The van der Waals surface area contributed by atoms with Gasteiger partial charge in [-0.3, -0.25) is 9.59 Å². The van der Waals surface area contributed by atoms with E-state index in [1.54, 1.807) is 7.11 Å². The fourth-order valence-electron chi connectivity index (χ4n) is 8.58. The van der Waals surface area contributed by atoms with Gasteiger partial charge in [-0.25, -0.2) is 0 Å². The molecule has 9 nitrogen and oxygen atoms in total. The molecule has 3 aromatic rings. The first kappa shape index (κ1) is 45.3. The van der Waals surface area contributed by atoms with E-state index in [1.165, 1.54) is 6.08 Å². The number of benzene rings is 3. The molecule has 0 aromatic heterocycles. The Labute approximate surface area is 347 Å². The van der Waals surface area contributed by atoms with Crippen LogP contribution < -0.4 is 15.1 Å². The third kappa shape index (κ3) is 11.3. The zero-order chi connectivity index (χ0) is 41.7. The second-order valence-corrected chi connectivity index (χ2v) is 21.3. The van der Waals surface area contributed by atoms with Crippen LogP contribution in [0.3, 0.4) is 0 Å². The molecule has 0 radical (unpaired) electrons. The fraction of sp³-hybridized carbons (Fsp3) is 0.542. The van der Waals surface area contributed by atoms with Gasteiger partial charge < -0.3 is 32.8 Å². The van der Waals surface area contributed by atoms with E-state index in [2.05, 4.69) is 89.7 Å². The molecule has 0 saturated carbocycles. The van der Waals surface area contributed by atoms with Gasteiger partial charge in [-0.1, -0.05) is 126 Å². The number of esters is 2. The number of hydrogen-bond donors (Lipinski definition) is 0. The minimum atomic E-state index is -3.00. The van der Waals surface area contributed by atoms with E-state index >= 15 is 0 Å². The third-order valence-corrected chi connectivity index (χ3v) is 16.9. The van der Waals surface area contributed by atoms with Crippen molar-refractivity contribution in [1.29, 1.82) is 0 Å². The third-order valence-electron chi connectivity index (χ3n) is 11.9. The second kappa shape index (κ2) is 20.9. The molecule has 2 heterocycles. The summed E-state index contributed by atoms with van der Waals surface area (Å²) in [4.78, 5) is 26.2. The molecular weight excluding hydrogens is 749 g/mol. The molecule has 10 heteroatoms. The van der Waals surface area contributed by atoms with Crippen LogP contribution in [0, 0.1) is 5.92 Å². The van der Waals surface area contributed by atoms with Gasteiger partial charge in [0.25, 0.3) is 8.32 Å².